The molecule has 6 nitrogen and oxygen atoms in total. The van der Waals surface area contributed by atoms with Crippen molar-refractivity contribution in [1.29, 1.82) is 0 Å². The summed E-state index contributed by atoms with van der Waals surface area (Å²) in [6, 6.07) is 15.9. The molecule has 1 saturated heterocycles. The molecule has 3 unspecified atom stereocenters. The lowest BCUT2D eigenvalue weighted by atomic mass is 9.46. The van der Waals surface area contributed by atoms with Gasteiger partial charge < -0.3 is 19.8 Å². The van der Waals surface area contributed by atoms with Crippen LogP contribution in [0.1, 0.15) is 41.3 Å². The van der Waals surface area contributed by atoms with E-state index < -0.39 is 17.1 Å². The summed E-state index contributed by atoms with van der Waals surface area (Å²) in [6.45, 7) is 3.84. The number of thiophene rings is 1. The molecule has 3 aromatic rings. The van der Waals surface area contributed by atoms with E-state index in [1.54, 1.807) is 28.4 Å². The van der Waals surface area contributed by atoms with Gasteiger partial charge in [0.15, 0.2) is 11.5 Å². The molecule has 8 heteroatoms. The number of hydrogen-bond acceptors (Lipinski definition) is 6. The van der Waals surface area contributed by atoms with E-state index in [2.05, 4.69) is 52.0 Å². The number of likely N-dealkylation sites (N-methyl/N-ethyl adjacent to an activating group) is 1. The molecule has 0 radical (unpaired) electrons. The summed E-state index contributed by atoms with van der Waals surface area (Å²) in [4.78, 5) is 18.8. The van der Waals surface area contributed by atoms with E-state index >= 15 is 0 Å². The second kappa shape index (κ2) is 9.97. The van der Waals surface area contributed by atoms with E-state index in [1.165, 1.54) is 5.56 Å². The molecule has 2 aromatic carbocycles. The van der Waals surface area contributed by atoms with Crippen molar-refractivity contribution in [3.63, 3.8) is 0 Å². The second-order valence-corrected chi connectivity index (χ2v) is 14.1. The highest BCUT2D eigenvalue weighted by molar-refractivity contribution is 9.10. The van der Waals surface area contributed by atoms with Gasteiger partial charge in [-0.1, -0.05) is 43.3 Å². The number of piperidine rings is 1. The fraction of sp³-hybridized carbons (Fsp3) is 0.424. The normalized spacial score (nSPS) is 31.6. The highest BCUT2D eigenvalue weighted by Gasteiger charge is 2.74. The van der Waals surface area contributed by atoms with Gasteiger partial charge in [-0.3, -0.25) is 9.69 Å². The highest BCUT2D eigenvalue weighted by atomic mass is 79.9. The number of amides is 1. The van der Waals surface area contributed by atoms with Gasteiger partial charge in [-0.05, 0) is 83.4 Å². The minimum absolute atomic E-state index is 0.00839. The molecule has 7 rings (SSSR count). The van der Waals surface area contributed by atoms with Crippen LogP contribution >= 0.6 is 27.3 Å². The monoisotopic (exact) mass is 634 g/mol. The first-order chi connectivity index (χ1) is 19.7. The first kappa shape index (κ1) is 27.2. The van der Waals surface area contributed by atoms with Crippen molar-refractivity contribution < 1.29 is 19.7 Å². The molecule has 2 aliphatic heterocycles. The van der Waals surface area contributed by atoms with Crippen LogP contribution in [0.4, 0.5) is 0 Å². The molecule has 4 aliphatic rings. The van der Waals surface area contributed by atoms with E-state index in [9.17, 15) is 15.0 Å². The third-order valence-corrected chi connectivity index (χ3v) is 11.9. The van der Waals surface area contributed by atoms with Crippen molar-refractivity contribution in [2.75, 3.05) is 20.1 Å². The van der Waals surface area contributed by atoms with Crippen LogP contribution in [0.3, 0.4) is 0 Å². The van der Waals surface area contributed by atoms with Gasteiger partial charge in [0, 0.05) is 46.0 Å². The van der Waals surface area contributed by atoms with Crippen LogP contribution in [0.5, 0.6) is 11.5 Å². The second-order valence-electron chi connectivity index (χ2n) is 12.2. The molecule has 1 spiro atoms. The van der Waals surface area contributed by atoms with Gasteiger partial charge in [0.05, 0.1) is 17.1 Å². The molecule has 214 valence electrons. The van der Waals surface area contributed by atoms with Crippen molar-refractivity contribution in [3.05, 3.63) is 86.0 Å². The van der Waals surface area contributed by atoms with Crippen molar-refractivity contribution in [1.82, 2.24) is 9.80 Å². The number of ether oxygens (including phenoxy) is 1. The standard InChI is InChI=1S/C33H35BrN2O4S/c1-20-18-33(39)26-16-22-8-10-25(37)30-28(22)32(33,13-15-36(26)14-12-21-6-4-3-5-7-21)31(40-30)29(20)35(2)27(38)11-9-24-17-23(34)19-41-24/h3-11,17,19-20,26,29,31,37,39H,12-16,18H2,1-2H3/b11-9+/t20?,26-,29?,31?,32+,33-/m1/s1. The smallest absolute Gasteiger partial charge is 0.246 e. The Morgan fingerprint density at radius 3 is 2.83 bits per heavy atom. The SMILES string of the molecule is CC1C[C@@]2(O)[C@H]3Cc4ccc(O)c5c4[C@@]2(CCN3CCc2ccccc2)C(O5)C1N(C)C(=O)/C=C/c1cc(Br)cs1. The largest absolute Gasteiger partial charge is 0.504 e. The van der Waals surface area contributed by atoms with E-state index in [0.717, 1.165) is 46.4 Å². The number of benzene rings is 2. The summed E-state index contributed by atoms with van der Waals surface area (Å²) < 4.78 is 7.71. The van der Waals surface area contributed by atoms with Crippen LogP contribution in [0.25, 0.3) is 6.08 Å². The zero-order chi connectivity index (χ0) is 28.5. The van der Waals surface area contributed by atoms with E-state index in [0.29, 0.717) is 18.6 Å². The molecular weight excluding hydrogens is 600 g/mol. The fourth-order valence-electron chi connectivity index (χ4n) is 8.48. The Morgan fingerprint density at radius 1 is 1.27 bits per heavy atom. The topological polar surface area (TPSA) is 73.2 Å². The number of aromatic hydroxyl groups is 1. The van der Waals surface area contributed by atoms with E-state index in [1.807, 2.05) is 36.7 Å². The summed E-state index contributed by atoms with van der Waals surface area (Å²) >= 11 is 5.05. The van der Waals surface area contributed by atoms with Crippen LogP contribution in [-0.2, 0) is 23.1 Å². The number of carbonyl (C=O) groups is 1. The fourth-order valence-corrected chi connectivity index (χ4v) is 9.82. The number of phenols is 1. The molecule has 2 fully saturated rings. The van der Waals surface area contributed by atoms with Gasteiger partial charge in [0.2, 0.25) is 5.91 Å². The number of rotatable bonds is 6. The van der Waals surface area contributed by atoms with Gasteiger partial charge in [-0.15, -0.1) is 11.3 Å². The Balaban J connectivity index is 1.25. The molecule has 1 aromatic heterocycles. The Kier molecular flexibility index (Phi) is 6.62. The van der Waals surface area contributed by atoms with Crippen molar-refractivity contribution in [2.45, 2.75) is 61.8 Å². The lowest BCUT2D eigenvalue weighted by Crippen LogP contribution is -2.79. The number of carbonyl (C=O) groups excluding carboxylic acids is 1. The highest BCUT2D eigenvalue weighted by Crippen LogP contribution is 2.66. The number of hydrogen-bond donors (Lipinski definition) is 2. The molecule has 1 saturated carbocycles. The Hall–Kier alpha value is -2.65. The maximum absolute atomic E-state index is 13.5. The van der Waals surface area contributed by atoms with Gasteiger partial charge >= 0.3 is 0 Å². The first-order valence-corrected chi connectivity index (χ1v) is 16.1. The molecule has 41 heavy (non-hydrogen) atoms. The van der Waals surface area contributed by atoms with Crippen LogP contribution in [0.2, 0.25) is 0 Å². The number of halogens is 1. The Bertz CT molecular complexity index is 1520. The van der Waals surface area contributed by atoms with Crippen LogP contribution in [0.15, 0.2) is 64.5 Å². The minimum Gasteiger partial charge on any atom is -0.504 e. The lowest BCUT2D eigenvalue weighted by molar-refractivity contribution is -0.211. The summed E-state index contributed by atoms with van der Waals surface area (Å²) in [6.07, 6.45) is 5.96. The first-order valence-electron chi connectivity index (χ1n) is 14.4. The number of phenolic OH excluding ortho intramolecular Hbond substituents is 1. The predicted octanol–water partition coefficient (Wildman–Crippen LogP) is 5.40. The van der Waals surface area contributed by atoms with E-state index in [-0.39, 0.29) is 29.7 Å². The molecular formula is C33H35BrN2O4S. The zero-order valence-corrected chi connectivity index (χ0v) is 25.7. The summed E-state index contributed by atoms with van der Waals surface area (Å²) in [5.74, 6) is 0.514. The van der Waals surface area contributed by atoms with Crippen molar-refractivity contribution in [3.8, 4) is 11.5 Å². The van der Waals surface area contributed by atoms with Gasteiger partial charge in [-0.2, -0.15) is 0 Å². The quantitative estimate of drug-likeness (QED) is 0.355. The van der Waals surface area contributed by atoms with Crippen molar-refractivity contribution in [2.24, 2.45) is 5.92 Å². The molecule has 6 atom stereocenters. The number of likely N-dealkylation sites (tertiary alicyclic amines) is 1. The lowest BCUT2D eigenvalue weighted by Gasteiger charge is -2.66. The molecule has 1 amide bonds. The Labute approximate surface area is 253 Å². The summed E-state index contributed by atoms with van der Waals surface area (Å²) in [7, 11) is 1.85. The third kappa shape index (κ3) is 4.05. The van der Waals surface area contributed by atoms with E-state index in [4.69, 9.17) is 4.74 Å². The van der Waals surface area contributed by atoms with Gasteiger partial charge in [0.1, 0.15) is 6.10 Å². The van der Waals surface area contributed by atoms with Crippen LogP contribution < -0.4 is 4.74 Å². The average Bonchev–Trinajstić information content (AvgIpc) is 3.53. The number of nitrogens with zero attached hydrogens (tertiary/aromatic N) is 2. The molecule has 2 aliphatic carbocycles. The number of aliphatic hydroxyl groups is 1. The maximum atomic E-state index is 13.5. The van der Waals surface area contributed by atoms with Crippen LogP contribution in [0, 0.1) is 5.92 Å². The molecule has 2 N–H and O–H groups in total. The zero-order valence-electron chi connectivity index (χ0n) is 23.3. The Morgan fingerprint density at radius 2 is 2.07 bits per heavy atom. The molecule has 3 heterocycles. The summed E-state index contributed by atoms with van der Waals surface area (Å²) in [5.41, 5.74) is 1.70. The third-order valence-electron chi connectivity index (χ3n) is 10.2. The maximum Gasteiger partial charge on any atom is 0.246 e. The van der Waals surface area contributed by atoms with Gasteiger partial charge in [0.25, 0.3) is 0 Å². The average molecular weight is 636 g/mol. The summed E-state index contributed by atoms with van der Waals surface area (Å²) in [5, 5.41) is 25.9. The minimum atomic E-state index is -1.03. The van der Waals surface area contributed by atoms with Gasteiger partial charge in [-0.25, -0.2) is 0 Å². The predicted molar refractivity (Wildman–Crippen MR) is 164 cm³/mol. The molecule has 2 bridgehead atoms. The van der Waals surface area contributed by atoms with Crippen LogP contribution in [-0.4, -0.2) is 69.8 Å². The van der Waals surface area contributed by atoms with Crippen molar-refractivity contribution >= 4 is 39.2 Å².